The van der Waals surface area contributed by atoms with Crippen molar-refractivity contribution in [2.45, 2.75) is 32.3 Å². The van der Waals surface area contributed by atoms with Gasteiger partial charge < -0.3 is 4.74 Å². The number of benzene rings is 1. The topological polar surface area (TPSA) is 42.4 Å². The normalized spacial score (nSPS) is 24.9. The van der Waals surface area contributed by atoms with Gasteiger partial charge in [-0.3, -0.25) is 4.90 Å². The van der Waals surface area contributed by atoms with Crippen LogP contribution in [0.1, 0.15) is 37.3 Å². The van der Waals surface area contributed by atoms with Gasteiger partial charge in [0.05, 0.1) is 0 Å². The molecule has 1 amide bonds. The van der Waals surface area contributed by atoms with E-state index in [0.29, 0.717) is 12.4 Å². The number of hydrogen-bond donors (Lipinski definition) is 0. The largest absolute Gasteiger partial charge is 0.445 e. The Labute approximate surface area is 147 Å². The van der Waals surface area contributed by atoms with Crippen molar-refractivity contribution in [3.05, 3.63) is 59.8 Å². The van der Waals surface area contributed by atoms with E-state index in [0.717, 1.165) is 30.4 Å². The lowest BCUT2D eigenvalue weighted by molar-refractivity contribution is 0.0190. The number of anilines is 1. The quantitative estimate of drug-likeness (QED) is 0.741. The van der Waals surface area contributed by atoms with Crippen molar-refractivity contribution in [3.8, 4) is 11.8 Å². The average Bonchev–Trinajstić information content (AvgIpc) is 3.01. The van der Waals surface area contributed by atoms with Crippen molar-refractivity contribution in [1.82, 2.24) is 4.98 Å². The van der Waals surface area contributed by atoms with Crippen molar-refractivity contribution in [2.75, 3.05) is 11.4 Å². The summed E-state index contributed by atoms with van der Waals surface area (Å²) in [4.78, 5) is 18.4. The van der Waals surface area contributed by atoms with Gasteiger partial charge in [0.25, 0.3) is 0 Å². The van der Waals surface area contributed by atoms with Crippen LogP contribution in [0.4, 0.5) is 10.6 Å². The molecule has 126 valence electrons. The first-order chi connectivity index (χ1) is 12.1. The van der Waals surface area contributed by atoms with E-state index in [9.17, 15) is 4.79 Å². The summed E-state index contributed by atoms with van der Waals surface area (Å²) in [5, 5.41) is 0. The molecule has 4 nitrogen and oxygen atoms in total. The fraction of sp³-hybridized carbons (Fsp3) is 0.333. The molecule has 2 atom stereocenters. The lowest BCUT2D eigenvalue weighted by Gasteiger charge is -2.41. The summed E-state index contributed by atoms with van der Waals surface area (Å²) in [6.45, 7) is 2.86. The number of amides is 1. The summed E-state index contributed by atoms with van der Waals surface area (Å²) < 4.78 is 5.63. The van der Waals surface area contributed by atoms with Gasteiger partial charge in [-0.15, -0.1) is 0 Å². The molecule has 2 aromatic rings. The van der Waals surface area contributed by atoms with Gasteiger partial charge in [0, 0.05) is 29.3 Å². The van der Waals surface area contributed by atoms with Crippen molar-refractivity contribution in [3.63, 3.8) is 0 Å². The number of ether oxygens (including phenoxy) is 1. The maximum Gasteiger partial charge on any atom is 0.415 e. The third kappa shape index (κ3) is 3.10. The van der Waals surface area contributed by atoms with Crippen LogP contribution in [-0.2, 0) is 4.74 Å². The summed E-state index contributed by atoms with van der Waals surface area (Å²) in [6.07, 6.45) is 4.64. The molecule has 1 aliphatic carbocycles. The Morgan fingerprint density at radius 3 is 2.72 bits per heavy atom. The van der Waals surface area contributed by atoms with Crippen molar-refractivity contribution < 1.29 is 9.53 Å². The molecule has 1 aliphatic heterocycles. The van der Waals surface area contributed by atoms with Crippen LogP contribution >= 0.6 is 0 Å². The first kappa shape index (κ1) is 15.7. The van der Waals surface area contributed by atoms with E-state index in [1.165, 1.54) is 0 Å². The molecule has 0 radical (unpaired) electrons. The summed E-state index contributed by atoms with van der Waals surface area (Å²) in [6, 6.07) is 13.6. The van der Waals surface area contributed by atoms with Gasteiger partial charge in [-0.25, -0.2) is 9.78 Å². The van der Waals surface area contributed by atoms with Crippen molar-refractivity contribution in [2.24, 2.45) is 5.41 Å². The third-order valence-electron chi connectivity index (χ3n) is 5.12. The Kier molecular flexibility index (Phi) is 3.93. The zero-order valence-corrected chi connectivity index (χ0v) is 14.2. The van der Waals surface area contributed by atoms with E-state index in [-0.39, 0.29) is 17.6 Å². The van der Waals surface area contributed by atoms with Crippen LogP contribution in [0.5, 0.6) is 0 Å². The Hall–Kier alpha value is -2.80. The predicted octanol–water partition coefficient (Wildman–Crippen LogP) is 4.00. The number of carbonyl (C=O) groups excluding carboxylic acids is 1. The van der Waals surface area contributed by atoms with E-state index in [1.54, 1.807) is 11.1 Å². The van der Waals surface area contributed by atoms with E-state index >= 15 is 0 Å². The van der Waals surface area contributed by atoms with Gasteiger partial charge in [0.2, 0.25) is 0 Å². The second-order valence-corrected chi connectivity index (χ2v) is 7.03. The van der Waals surface area contributed by atoms with Gasteiger partial charge in [-0.2, -0.15) is 0 Å². The van der Waals surface area contributed by atoms with Gasteiger partial charge in [-0.1, -0.05) is 37.0 Å². The second-order valence-electron chi connectivity index (χ2n) is 7.03. The van der Waals surface area contributed by atoms with Gasteiger partial charge in [-0.05, 0) is 43.5 Å². The number of carbonyl (C=O) groups is 1. The van der Waals surface area contributed by atoms with Crippen molar-refractivity contribution >= 4 is 11.9 Å². The first-order valence-electron chi connectivity index (χ1n) is 8.65. The number of aromatic nitrogens is 1. The molecule has 0 spiro atoms. The highest BCUT2D eigenvalue weighted by molar-refractivity contribution is 5.87. The molecule has 25 heavy (non-hydrogen) atoms. The minimum Gasteiger partial charge on any atom is -0.445 e. The predicted molar refractivity (Wildman–Crippen MR) is 96.2 cm³/mol. The maximum atomic E-state index is 12.3. The molecule has 2 aliphatic rings. The summed E-state index contributed by atoms with van der Waals surface area (Å²) in [5.74, 6) is 6.84. The Balaban J connectivity index is 1.52. The SMILES string of the molecule is C[C@]12CCC[C@@H]1OC(=O)N(c1ccc(C#Cc3ccccc3)cn1)C2. The molecule has 0 unspecified atom stereocenters. The zero-order valence-electron chi connectivity index (χ0n) is 14.2. The Bertz CT molecular complexity index is 836. The standard InChI is InChI=1S/C21H20N2O2/c1-21-13-5-8-18(21)25-20(24)23(15-21)19-12-11-17(14-22-19)10-9-16-6-3-2-4-7-16/h2-4,6-7,11-12,14,18H,5,8,13,15H2,1H3/t18-,21+/m0/s1. The van der Waals surface area contributed by atoms with Gasteiger partial charge >= 0.3 is 6.09 Å². The van der Waals surface area contributed by atoms with Gasteiger partial charge in [0.15, 0.2) is 0 Å². The fourth-order valence-electron chi connectivity index (χ4n) is 3.65. The third-order valence-corrected chi connectivity index (χ3v) is 5.12. The smallest absolute Gasteiger partial charge is 0.415 e. The molecule has 1 saturated carbocycles. The Morgan fingerprint density at radius 2 is 1.96 bits per heavy atom. The average molecular weight is 332 g/mol. The molecule has 1 aromatic heterocycles. The van der Waals surface area contributed by atoms with Crippen LogP contribution in [0.15, 0.2) is 48.7 Å². The molecular formula is C21H20N2O2. The molecule has 1 saturated heterocycles. The minimum atomic E-state index is -0.292. The van der Waals surface area contributed by atoms with E-state index in [1.807, 2.05) is 42.5 Å². The molecule has 4 rings (SSSR count). The van der Waals surface area contributed by atoms with Crippen LogP contribution in [0.25, 0.3) is 0 Å². The summed E-state index contributed by atoms with van der Waals surface area (Å²) >= 11 is 0. The van der Waals surface area contributed by atoms with Crippen LogP contribution in [0, 0.1) is 17.3 Å². The fourth-order valence-corrected chi connectivity index (χ4v) is 3.65. The summed E-state index contributed by atoms with van der Waals surface area (Å²) in [7, 11) is 0. The highest BCUT2D eigenvalue weighted by atomic mass is 16.6. The van der Waals surface area contributed by atoms with Crippen LogP contribution < -0.4 is 4.90 Å². The molecule has 4 heteroatoms. The molecule has 1 aromatic carbocycles. The second kappa shape index (κ2) is 6.25. The molecule has 0 N–H and O–H groups in total. The van der Waals surface area contributed by atoms with E-state index in [4.69, 9.17) is 4.74 Å². The lowest BCUT2D eigenvalue weighted by atomic mass is 9.85. The number of hydrogen-bond acceptors (Lipinski definition) is 3. The van der Waals surface area contributed by atoms with Crippen LogP contribution in [0.2, 0.25) is 0 Å². The highest BCUT2D eigenvalue weighted by Crippen LogP contribution is 2.44. The van der Waals surface area contributed by atoms with E-state index < -0.39 is 0 Å². The maximum absolute atomic E-state index is 12.3. The lowest BCUT2D eigenvalue weighted by Crippen LogP contribution is -2.52. The molecule has 0 bridgehead atoms. The monoisotopic (exact) mass is 332 g/mol. The van der Waals surface area contributed by atoms with Crippen LogP contribution in [-0.4, -0.2) is 23.7 Å². The van der Waals surface area contributed by atoms with Crippen molar-refractivity contribution in [1.29, 1.82) is 0 Å². The summed E-state index contributed by atoms with van der Waals surface area (Å²) in [5.41, 5.74) is 1.82. The zero-order chi connectivity index (χ0) is 17.3. The number of pyridine rings is 1. The first-order valence-corrected chi connectivity index (χ1v) is 8.65. The molecule has 2 heterocycles. The number of fused-ring (bicyclic) bond motifs is 1. The Morgan fingerprint density at radius 1 is 1.16 bits per heavy atom. The van der Waals surface area contributed by atoms with E-state index in [2.05, 4.69) is 23.7 Å². The number of rotatable bonds is 1. The number of nitrogens with zero attached hydrogens (tertiary/aromatic N) is 2. The molecule has 2 fully saturated rings. The highest BCUT2D eigenvalue weighted by Gasteiger charge is 2.48. The molecular weight excluding hydrogens is 312 g/mol. The minimum absolute atomic E-state index is 0.0291. The van der Waals surface area contributed by atoms with Gasteiger partial charge in [0.1, 0.15) is 11.9 Å². The van der Waals surface area contributed by atoms with Crippen LogP contribution in [0.3, 0.4) is 0 Å².